The van der Waals surface area contributed by atoms with E-state index in [-0.39, 0.29) is 23.0 Å². The van der Waals surface area contributed by atoms with Crippen LogP contribution in [0.1, 0.15) is 42.1 Å². The monoisotopic (exact) mass is 319 g/mol. The summed E-state index contributed by atoms with van der Waals surface area (Å²) in [5, 5.41) is 4.14. The zero-order valence-electron chi connectivity index (χ0n) is 12.6. The molecule has 1 unspecified atom stereocenters. The maximum Gasteiger partial charge on any atom is 0.229 e. The summed E-state index contributed by atoms with van der Waals surface area (Å²) in [7, 11) is 0. The SMILES string of the molecule is CC1(C)CC(=O)c2sc(N3CC(CN=[N+]=[N-])CC3=O)nc2C1. The predicted octanol–water partition coefficient (Wildman–Crippen LogP) is 2.96. The minimum atomic E-state index is -0.0749. The van der Waals surface area contributed by atoms with E-state index in [9.17, 15) is 9.59 Å². The normalized spacial score (nSPS) is 23.4. The molecule has 8 heteroatoms. The third-order valence-corrected chi connectivity index (χ3v) is 5.23. The van der Waals surface area contributed by atoms with Crippen molar-refractivity contribution in [2.24, 2.45) is 16.4 Å². The van der Waals surface area contributed by atoms with Crippen LogP contribution in [-0.2, 0) is 11.2 Å². The van der Waals surface area contributed by atoms with Gasteiger partial charge in [0, 0.05) is 30.8 Å². The van der Waals surface area contributed by atoms with Crippen LogP contribution < -0.4 is 4.90 Å². The van der Waals surface area contributed by atoms with Gasteiger partial charge in [-0.1, -0.05) is 30.3 Å². The molecule has 116 valence electrons. The molecule has 3 rings (SSSR count). The molecule has 1 aliphatic heterocycles. The zero-order valence-corrected chi connectivity index (χ0v) is 13.4. The van der Waals surface area contributed by atoms with E-state index in [1.807, 2.05) is 0 Å². The molecule has 2 aliphatic rings. The Balaban J connectivity index is 1.84. The molecule has 1 fully saturated rings. The van der Waals surface area contributed by atoms with E-state index >= 15 is 0 Å². The van der Waals surface area contributed by atoms with Crippen LogP contribution >= 0.6 is 11.3 Å². The molecular weight excluding hydrogens is 302 g/mol. The largest absolute Gasteiger partial charge is 0.293 e. The maximum atomic E-state index is 12.2. The second kappa shape index (κ2) is 5.37. The van der Waals surface area contributed by atoms with Gasteiger partial charge >= 0.3 is 0 Å². The maximum absolute atomic E-state index is 12.2. The highest BCUT2D eigenvalue weighted by Gasteiger charge is 2.37. The van der Waals surface area contributed by atoms with E-state index in [2.05, 4.69) is 28.9 Å². The predicted molar refractivity (Wildman–Crippen MR) is 83.0 cm³/mol. The standard InChI is InChI=1S/C14H17N5O2S/c1-14(2)4-9-12(10(20)5-14)22-13(17-9)19-7-8(3-11(19)21)6-16-18-15/h8H,3-7H2,1-2H3. The Morgan fingerprint density at radius 3 is 2.95 bits per heavy atom. The Morgan fingerprint density at radius 2 is 2.23 bits per heavy atom. The van der Waals surface area contributed by atoms with Gasteiger partial charge in [0.25, 0.3) is 0 Å². The van der Waals surface area contributed by atoms with Gasteiger partial charge in [-0.25, -0.2) is 4.98 Å². The molecule has 0 spiro atoms. The number of azide groups is 1. The van der Waals surface area contributed by atoms with Gasteiger partial charge in [0.2, 0.25) is 5.91 Å². The van der Waals surface area contributed by atoms with Crippen molar-refractivity contribution < 1.29 is 9.59 Å². The van der Waals surface area contributed by atoms with Crippen molar-refractivity contribution in [2.45, 2.75) is 33.1 Å². The van der Waals surface area contributed by atoms with Crippen LogP contribution in [0, 0.1) is 11.3 Å². The van der Waals surface area contributed by atoms with Crippen molar-refractivity contribution in [2.75, 3.05) is 18.0 Å². The number of rotatable bonds is 3. The fourth-order valence-electron chi connectivity index (χ4n) is 3.06. The first-order valence-corrected chi connectivity index (χ1v) is 8.05. The quantitative estimate of drug-likeness (QED) is 0.486. The lowest BCUT2D eigenvalue weighted by molar-refractivity contribution is -0.117. The van der Waals surface area contributed by atoms with Gasteiger partial charge in [0.05, 0.1) is 10.6 Å². The van der Waals surface area contributed by atoms with Crippen molar-refractivity contribution >= 4 is 28.2 Å². The van der Waals surface area contributed by atoms with Crippen molar-refractivity contribution in [3.63, 3.8) is 0 Å². The second-order valence-electron chi connectivity index (χ2n) is 6.70. The Labute approximate surface area is 132 Å². The van der Waals surface area contributed by atoms with Crippen molar-refractivity contribution in [3.8, 4) is 0 Å². The summed E-state index contributed by atoms with van der Waals surface area (Å²) in [6.07, 6.45) is 1.65. The molecule has 0 bridgehead atoms. The molecule has 1 aromatic heterocycles. The average molecular weight is 319 g/mol. The molecular formula is C14H17N5O2S. The number of fused-ring (bicyclic) bond motifs is 1. The molecule has 0 aromatic carbocycles. The lowest BCUT2D eigenvalue weighted by atomic mass is 9.78. The van der Waals surface area contributed by atoms with Crippen LogP contribution in [0.4, 0.5) is 5.13 Å². The number of ketones is 1. The molecule has 7 nitrogen and oxygen atoms in total. The Kier molecular flexibility index (Phi) is 3.66. The number of aromatic nitrogens is 1. The van der Waals surface area contributed by atoms with E-state index < -0.39 is 0 Å². The number of carbonyl (C=O) groups excluding carboxylic acids is 2. The van der Waals surface area contributed by atoms with Gasteiger partial charge in [-0.2, -0.15) is 0 Å². The number of carbonyl (C=O) groups is 2. The Hall–Kier alpha value is -1.92. The first-order valence-electron chi connectivity index (χ1n) is 7.24. The number of hydrogen-bond acceptors (Lipinski definition) is 5. The molecule has 0 saturated carbocycles. The summed E-state index contributed by atoms with van der Waals surface area (Å²) < 4.78 is 0. The zero-order chi connectivity index (χ0) is 15.9. The number of Topliss-reactive ketones (excluding diaryl/α,β-unsaturated/α-hetero) is 1. The van der Waals surface area contributed by atoms with Gasteiger partial charge in [-0.15, -0.1) is 0 Å². The summed E-state index contributed by atoms with van der Waals surface area (Å²) in [4.78, 5) is 34.0. The van der Waals surface area contributed by atoms with Crippen LogP contribution in [0.15, 0.2) is 5.11 Å². The van der Waals surface area contributed by atoms with Crippen molar-refractivity contribution in [3.05, 3.63) is 21.0 Å². The molecule has 1 saturated heterocycles. The van der Waals surface area contributed by atoms with Gasteiger partial charge in [-0.3, -0.25) is 14.5 Å². The molecule has 2 heterocycles. The van der Waals surface area contributed by atoms with Gasteiger partial charge in [0.15, 0.2) is 10.9 Å². The third-order valence-electron chi connectivity index (χ3n) is 4.06. The van der Waals surface area contributed by atoms with E-state index in [0.717, 1.165) is 12.1 Å². The second-order valence-corrected chi connectivity index (χ2v) is 7.68. The first-order chi connectivity index (χ1) is 10.4. The molecule has 0 N–H and O–H groups in total. The highest BCUT2D eigenvalue weighted by Crippen LogP contribution is 2.40. The highest BCUT2D eigenvalue weighted by atomic mass is 32.1. The van der Waals surface area contributed by atoms with Gasteiger partial charge < -0.3 is 0 Å². The number of anilines is 1. The van der Waals surface area contributed by atoms with E-state index in [0.29, 0.717) is 35.9 Å². The number of thiazole rings is 1. The Morgan fingerprint density at radius 1 is 1.45 bits per heavy atom. The third kappa shape index (κ3) is 2.71. The van der Waals surface area contributed by atoms with Crippen LogP contribution in [0.5, 0.6) is 0 Å². The minimum absolute atomic E-state index is 0.0176. The van der Waals surface area contributed by atoms with Crippen LogP contribution in [0.25, 0.3) is 10.4 Å². The molecule has 1 aromatic rings. The van der Waals surface area contributed by atoms with Gasteiger partial charge in [0.1, 0.15) is 0 Å². The molecule has 22 heavy (non-hydrogen) atoms. The molecule has 1 aliphatic carbocycles. The van der Waals surface area contributed by atoms with E-state index in [4.69, 9.17) is 5.53 Å². The lowest BCUT2D eigenvalue weighted by Gasteiger charge is -2.26. The van der Waals surface area contributed by atoms with Crippen LogP contribution in [-0.4, -0.2) is 29.8 Å². The number of nitrogens with zero attached hydrogens (tertiary/aromatic N) is 5. The van der Waals surface area contributed by atoms with E-state index in [1.165, 1.54) is 11.3 Å². The average Bonchev–Trinajstić information content (AvgIpc) is 2.98. The molecule has 1 atom stereocenters. The van der Waals surface area contributed by atoms with Gasteiger partial charge in [-0.05, 0) is 23.3 Å². The lowest BCUT2D eigenvalue weighted by Crippen LogP contribution is -2.26. The first kappa shape index (κ1) is 15.0. The topological polar surface area (TPSA) is 99.0 Å². The number of hydrogen-bond donors (Lipinski definition) is 0. The van der Waals surface area contributed by atoms with Crippen LogP contribution in [0.3, 0.4) is 0 Å². The molecule has 0 radical (unpaired) electrons. The fraction of sp³-hybridized carbons (Fsp3) is 0.643. The summed E-state index contributed by atoms with van der Waals surface area (Å²) in [6, 6.07) is 0. The summed E-state index contributed by atoms with van der Waals surface area (Å²) in [5.74, 6) is 0.125. The van der Waals surface area contributed by atoms with Crippen LogP contribution in [0.2, 0.25) is 0 Å². The Bertz CT molecular complexity index is 689. The molecule has 1 amide bonds. The summed E-state index contributed by atoms with van der Waals surface area (Å²) in [5.41, 5.74) is 9.11. The highest BCUT2D eigenvalue weighted by molar-refractivity contribution is 7.17. The van der Waals surface area contributed by atoms with E-state index in [1.54, 1.807) is 4.90 Å². The smallest absolute Gasteiger partial charge is 0.229 e. The summed E-state index contributed by atoms with van der Waals surface area (Å²) >= 11 is 1.31. The fourth-order valence-corrected chi connectivity index (χ4v) is 4.11. The van der Waals surface area contributed by atoms with Crippen molar-refractivity contribution in [1.29, 1.82) is 0 Å². The van der Waals surface area contributed by atoms with Crippen molar-refractivity contribution in [1.82, 2.24) is 4.98 Å². The minimum Gasteiger partial charge on any atom is -0.293 e. The number of amides is 1. The summed E-state index contributed by atoms with van der Waals surface area (Å²) in [6.45, 7) is 4.94.